The van der Waals surface area contributed by atoms with Crippen molar-refractivity contribution in [2.45, 2.75) is 19.8 Å². The van der Waals surface area contributed by atoms with Crippen LogP contribution in [0.15, 0.2) is 16.7 Å². The Kier molecular flexibility index (Phi) is 6.09. The lowest BCUT2D eigenvalue weighted by atomic mass is 9.96. The van der Waals surface area contributed by atoms with Crippen molar-refractivity contribution in [3.05, 3.63) is 23.7 Å². The number of aryl methyl sites for hydroxylation is 1. The molecule has 1 aromatic rings. The van der Waals surface area contributed by atoms with E-state index in [0.717, 1.165) is 45.7 Å². The van der Waals surface area contributed by atoms with Crippen LogP contribution in [-0.4, -0.2) is 69.2 Å². The van der Waals surface area contributed by atoms with Crippen molar-refractivity contribution in [2.75, 3.05) is 52.5 Å². The molecule has 2 amide bonds. The number of piperidine rings is 1. The second kappa shape index (κ2) is 8.49. The van der Waals surface area contributed by atoms with Gasteiger partial charge in [0.1, 0.15) is 18.8 Å². The molecule has 0 bridgehead atoms. The number of rotatable bonds is 5. The zero-order valence-corrected chi connectivity index (χ0v) is 14.9. The van der Waals surface area contributed by atoms with Crippen molar-refractivity contribution in [2.24, 2.45) is 5.92 Å². The van der Waals surface area contributed by atoms with E-state index in [-0.39, 0.29) is 17.7 Å². The van der Waals surface area contributed by atoms with Crippen molar-refractivity contribution in [1.29, 1.82) is 0 Å². The van der Waals surface area contributed by atoms with Gasteiger partial charge in [-0.05, 0) is 25.8 Å². The third-order valence-corrected chi connectivity index (χ3v) is 5.15. The van der Waals surface area contributed by atoms with Crippen molar-refractivity contribution in [3.63, 3.8) is 0 Å². The molecule has 2 N–H and O–H groups in total. The summed E-state index contributed by atoms with van der Waals surface area (Å²) in [5.41, 5.74) is 0.594. The smallest absolute Gasteiger partial charge is 0.257 e. The molecule has 0 unspecified atom stereocenters. The first-order chi connectivity index (χ1) is 12.1. The van der Waals surface area contributed by atoms with Crippen LogP contribution >= 0.6 is 0 Å². The predicted octanol–water partition coefficient (Wildman–Crippen LogP) is -0.528. The Morgan fingerprint density at radius 3 is 2.88 bits per heavy atom. The Morgan fingerprint density at radius 1 is 1.36 bits per heavy atom. The number of carbonyl (C=O) groups is 2. The lowest BCUT2D eigenvalue weighted by Crippen LogP contribution is -3.14. The quantitative estimate of drug-likeness (QED) is 0.749. The lowest BCUT2D eigenvalue weighted by Gasteiger charge is -2.32. The molecule has 7 heteroatoms. The van der Waals surface area contributed by atoms with Crippen molar-refractivity contribution < 1.29 is 23.6 Å². The molecule has 2 saturated heterocycles. The van der Waals surface area contributed by atoms with Gasteiger partial charge in [-0.25, -0.2) is 0 Å². The minimum Gasteiger partial charge on any atom is -0.469 e. The van der Waals surface area contributed by atoms with Gasteiger partial charge in [0.15, 0.2) is 0 Å². The number of nitrogens with zero attached hydrogens (tertiary/aromatic N) is 1. The highest BCUT2D eigenvalue weighted by Gasteiger charge is 2.30. The van der Waals surface area contributed by atoms with Gasteiger partial charge < -0.3 is 24.3 Å². The normalized spacial score (nSPS) is 22.0. The molecule has 0 saturated carbocycles. The maximum Gasteiger partial charge on any atom is 0.257 e. The summed E-state index contributed by atoms with van der Waals surface area (Å²) in [6.07, 6.45) is 3.23. The SMILES string of the molecule is Cc1occc1C(=O)N1CCC[C@@H](C(=O)NCC[NH+]2CCOCC2)C1. The molecule has 1 atom stereocenters. The fourth-order valence-corrected chi connectivity index (χ4v) is 3.57. The van der Waals surface area contributed by atoms with Crippen LogP contribution in [0.2, 0.25) is 0 Å². The van der Waals surface area contributed by atoms with Gasteiger partial charge in [-0.2, -0.15) is 0 Å². The minimum atomic E-state index is -0.121. The summed E-state index contributed by atoms with van der Waals surface area (Å²) in [5, 5.41) is 3.05. The predicted molar refractivity (Wildman–Crippen MR) is 91.5 cm³/mol. The van der Waals surface area contributed by atoms with Gasteiger partial charge in [0.25, 0.3) is 5.91 Å². The fraction of sp³-hybridized carbons (Fsp3) is 0.667. The van der Waals surface area contributed by atoms with E-state index in [2.05, 4.69) is 5.32 Å². The van der Waals surface area contributed by atoms with E-state index in [1.807, 2.05) is 0 Å². The summed E-state index contributed by atoms with van der Waals surface area (Å²) in [4.78, 5) is 28.3. The largest absolute Gasteiger partial charge is 0.469 e. The second-order valence-electron chi connectivity index (χ2n) is 6.88. The first kappa shape index (κ1) is 17.9. The Hall–Kier alpha value is -1.86. The van der Waals surface area contributed by atoms with Crippen LogP contribution in [-0.2, 0) is 9.53 Å². The monoisotopic (exact) mass is 350 g/mol. The highest BCUT2D eigenvalue weighted by Crippen LogP contribution is 2.20. The second-order valence-corrected chi connectivity index (χ2v) is 6.88. The number of nitrogens with one attached hydrogen (secondary N) is 2. The van der Waals surface area contributed by atoms with Crippen LogP contribution in [0.25, 0.3) is 0 Å². The topological polar surface area (TPSA) is 76.2 Å². The van der Waals surface area contributed by atoms with Crippen LogP contribution in [0.5, 0.6) is 0 Å². The molecule has 2 fully saturated rings. The van der Waals surface area contributed by atoms with Gasteiger partial charge >= 0.3 is 0 Å². The number of furan rings is 1. The molecule has 0 aromatic carbocycles. The van der Waals surface area contributed by atoms with E-state index in [1.54, 1.807) is 17.9 Å². The molecule has 2 aliphatic heterocycles. The molecule has 0 aliphatic carbocycles. The van der Waals surface area contributed by atoms with E-state index in [9.17, 15) is 9.59 Å². The molecule has 1 aromatic heterocycles. The number of ether oxygens (including phenoxy) is 1. The highest BCUT2D eigenvalue weighted by atomic mass is 16.5. The Balaban J connectivity index is 1.46. The molecule has 138 valence electrons. The number of quaternary nitrogens is 1. The van der Waals surface area contributed by atoms with E-state index in [0.29, 0.717) is 31.0 Å². The maximum atomic E-state index is 12.6. The molecule has 2 aliphatic rings. The molecule has 3 rings (SSSR count). The lowest BCUT2D eigenvalue weighted by molar-refractivity contribution is -0.906. The zero-order valence-electron chi connectivity index (χ0n) is 14.9. The Labute approximate surface area is 148 Å². The molecule has 0 radical (unpaired) electrons. The summed E-state index contributed by atoms with van der Waals surface area (Å²) in [5.74, 6) is 0.533. The molecule has 0 spiro atoms. The van der Waals surface area contributed by atoms with E-state index >= 15 is 0 Å². The van der Waals surface area contributed by atoms with Gasteiger partial charge in [-0.15, -0.1) is 0 Å². The average Bonchev–Trinajstić information content (AvgIpc) is 3.08. The summed E-state index contributed by atoms with van der Waals surface area (Å²) in [7, 11) is 0. The molecule has 7 nitrogen and oxygen atoms in total. The van der Waals surface area contributed by atoms with E-state index in [1.165, 1.54) is 11.2 Å². The maximum absolute atomic E-state index is 12.6. The minimum absolute atomic E-state index is 0.0403. The molecular formula is C18H28N3O4+. The van der Waals surface area contributed by atoms with Gasteiger partial charge in [-0.3, -0.25) is 9.59 Å². The number of carbonyl (C=O) groups excluding carboxylic acids is 2. The standard InChI is InChI=1S/C18H27N3O4/c1-14-16(4-10-25-14)18(23)21-6-2-3-15(13-21)17(22)19-5-7-20-8-11-24-12-9-20/h4,10,15H,2-3,5-9,11-13H2,1H3,(H,19,22)/p+1/t15-/m1/s1. The van der Waals surface area contributed by atoms with Gasteiger partial charge in [0.2, 0.25) is 5.91 Å². The Morgan fingerprint density at radius 2 is 2.16 bits per heavy atom. The zero-order chi connectivity index (χ0) is 17.6. The summed E-state index contributed by atoms with van der Waals surface area (Å²) < 4.78 is 10.6. The average molecular weight is 350 g/mol. The number of hydrogen-bond acceptors (Lipinski definition) is 4. The van der Waals surface area contributed by atoms with Crippen LogP contribution in [0.3, 0.4) is 0 Å². The van der Waals surface area contributed by atoms with Crippen molar-refractivity contribution in [3.8, 4) is 0 Å². The van der Waals surface area contributed by atoms with Crippen LogP contribution in [0, 0.1) is 12.8 Å². The summed E-state index contributed by atoms with van der Waals surface area (Å²) in [6, 6.07) is 1.70. The van der Waals surface area contributed by atoms with Crippen LogP contribution in [0.4, 0.5) is 0 Å². The third-order valence-electron chi connectivity index (χ3n) is 5.15. The van der Waals surface area contributed by atoms with E-state index in [4.69, 9.17) is 9.15 Å². The molecule has 25 heavy (non-hydrogen) atoms. The third kappa shape index (κ3) is 4.61. The number of likely N-dealkylation sites (tertiary alicyclic amines) is 1. The van der Waals surface area contributed by atoms with Crippen molar-refractivity contribution >= 4 is 11.8 Å². The van der Waals surface area contributed by atoms with Crippen LogP contribution in [0.1, 0.15) is 29.0 Å². The first-order valence-electron chi connectivity index (χ1n) is 9.17. The number of morpholine rings is 1. The molecule has 3 heterocycles. The Bertz CT molecular complexity index is 595. The number of hydrogen-bond donors (Lipinski definition) is 2. The van der Waals surface area contributed by atoms with Crippen LogP contribution < -0.4 is 10.2 Å². The van der Waals surface area contributed by atoms with Gasteiger partial charge in [-0.1, -0.05) is 0 Å². The highest BCUT2D eigenvalue weighted by molar-refractivity contribution is 5.95. The van der Waals surface area contributed by atoms with E-state index < -0.39 is 0 Å². The first-order valence-corrected chi connectivity index (χ1v) is 9.17. The molecular weight excluding hydrogens is 322 g/mol. The van der Waals surface area contributed by atoms with Gasteiger partial charge in [0, 0.05) is 13.1 Å². The summed E-state index contributed by atoms with van der Waals surface area (Å²) in [6.45, 7) is 8.20. The summed E-state index contributed by atoms with van der Waals surface area (Å²) >= 11 is 0. The number of amides is 2. The van der Waals surface area contributed by atoms with Crippen molar-refractivity contribution in [1.82, 2.24) is 10.2 Å². The fourth-order valence-electron chi connectivity index (χ4n) is 3.57. The van der Waals surface area contributed by atoms with Gasteiger partial charge in [0.05, 0.1) is 44.0 Å².